The van der Waals surface area contributed by atoms with Crippen LogP contribution in [0.1, 0.15) is 12.0 Å². The molecule has 1 aromatic rings. The lowest BCUT2D eigenvalue weighted by Crippen LogP contribution is -1.87. The van der Waals surface area contributed by atoms with Gasteiger partial charge in [-0.1, -0.05) is 11.8 Å². The molecular formula is C11H8FNO. The molecule has 14 heavy (non-hydrogen) atoms. The number of halogens is 1. The quantitative estimate of drug-likeness (QED) is 0.634. The number of nitriles is 1. The van der Waals surface area contributed by atoms with Crippen molar-refractivity contribution in [3.8, 4) is 23.7 Å². The van der Waals surface area contributed by atoms with Gasteiger partial charge in [0.1, 0.15) is 11.6 Å². The summed E-state index contributed by atoms with van der Waals surface area (Å²) in [5, 5.41) is 8.23. The SMILES string of the molecule is COc1ccc(C#CCC#N)c(F)c1. The lowest BCUT2D eigenvalue weighted by atomic mass is 10.2. The molecule has 0 bridgehead atoms. The average Bonchev–Trinajstić information content (AvgIpc) is 2.20. The predicted molar refractivity (Wildman–Crippen MR) is 50.1 cm³/mol. The van der Waals surface area contributed by atoms with Gasteiger partial charge in [-0.15, -0.1) is 0 Å². The maximum absolute atomic E-state index is 13.2. The van der Waals surface area contributed by atoms with E-state index < -0.39 is 5.82 Å². The van der Waals surface area contributed by atoms with E-state index in [9.17, 15) is 4.39 Å². The fourth-order valence-corrected chi connectivity index (χ4v) is 0.903. The number of ether oxygens (including phenoxy) is 1. The topological polar surface area (TPSA) is 33.0 Å². The summed E-state index contributed by atoms with van der Waals surface area (Å²) < 4.78 is 18.0. The summed E-state index contributed by atoms with van der Waals surface area (Å²) in [6.07, 6.45) is 0.103. The molecular weight excluding hydrogens is 181 g/mol. The summed E-state index contributed by atoms with van der Waals surface area (Å²) in [7, 11) is 1.47. The molecule has 0 aromatic heterocycles. The van der Waals surface area contributed by atoms with E-state index in [1.807, 2.05) is 6.07 Å². The van der Waals surface area contributed by atoms with E-state index in [1.54, 1.807) is 6.07 Å². The Morgan fingerprint density at radius 3 is 2.86 bits per heavy atom. The van der Waals surface area contributed by atoms with Gasteiger partial charge < -0.3 is 4.74 Å². The van der Waals surface area contributed by atoms with Gasteiger partial charge >= 0.3 is 0 Å². The minimum Gasteiger partial charge on any atom is -0.497 e. The van der Waals surface area contributed by atoms with Gasteiger partial charge in [0.15, 0.2) is 0 Å². The lowest BCUT2D eigenvalue weighted by Gasteiger charge is -1.99. The Kier molecular flexibility index (Phi) is 3.52. The van der Waals surface area contributed by atoms with Crippen LogP contribution < -0.4 is 4.74 Å². The third-order valence-corrected chi connectivity index (χ3v) is 1.57. The van der Waals surface area contributed by atoms with Crippen LogP contribution in [0.25, 0.3) is 0 Å². The Morgan fingerprint density at radius 2 is 2.29 bits per heavy atom. The molecule has 0 aliphatic rings. The lowest BCUT2D eigenvalue weighted by molar-refractivity contribution is 0.411. The fraction of sp³-hybridized carbons (Fsp3) is 0.182. The van der Waals surface area contributed by atoms with Gasteiger partial charge in [-0.25, -0.2) is 4.39 Å². The molecule has 0 spiro atoms. The van der Waals surface area contributed by atoms with E-state index in [1.165, 1.54) is 19.2 Å². The summed E-state index contributed by atoms with van der Waals surface area (Å²) in [4.78, 5) is 0. The van der Waals surface area contributed by atoms with Crippen LogP contribution in [0.3, 0.4) is 0 Å². The van der Waals surface area contributed by atoms with Gasteiger partial charge in [0.05, 0.1) is 25.2 Å². The molecule has 1 aromatic carbocycles. The van der Waals surface area contributed by atoms with Crippen LogP contribution in [0.4, 0.5) is 4.39 Å². The van der Waals surface area contributed by atoms with Crippen molar-refractivity contribution in [3.63, 3.8) is 0 Å². The minimum atomic E-state index is -0.435. The highest BCUT2D eigenvalue weighted by Crippen LogP contribution is 2.15. The highest BCUT2D eigenvalue weighted by molar-refractivity contribution is 5.39. The fourth-order valence-electron chi connectivity index (χ4n) is 0.903. The Hall–Kier alpha value is -2.00. The van der Waals surface area contributed by atoms with Gasteiger partial charge in [0.2, 0.25) is 0 Å². The summed E-state index contributed by atoms with van der Waals surface area (Å²) in [6, 6.07) is 6.27. The second-order valence-electron chi connectivity index (χ2n) is 2.48. The molecule has 0 amide bonds. The molecule has 0 fully saturated rings. The van der Waals surface area contributed by atoms with Crippen molar-refractivity contribution in [2.75, 3.05) is 7.11 Å². The molecule has 2 nitrogen and oxygen atoms in total. The first-order valence-electron chi connectivity index (χ1n) is 3.97. The van der Waals surface area contributed by atoms with Crippen molar-refractivity contribution in [3.05, 3.63) is 29.6 Å². The van der Waals surface area contributed by atoms with E-state index in [2.05, 4.69) is 11.8 Å². The van der Waals surface area contributed by atoms with E-state index >= 15 is 0 Å². The van der Waals surface area contributed by atoms with E-state index in [0.717, 1.165) is 0 Å². The Labute approximate surface area is 81.9 Å². The molecule has 0 radical (unpaired) electrons. The third kappa shape index (κ3) is 2.50. The number of nitrogens with zero attached hydrogens (tertiary/aromatic N) is 1. The maximum atomic E-state index is 13.2. The molecule has 0 atom stereocenters. The van der Waals surface area contributed by atoms with E-state index in [4.69, 9.17) is 10.00 Å². The zero-order valence-corrected chi connectivity index (χ0v) is 7.67. The van der Waals surface area contributed by atoms with Crippen molar-refractivity contribution in [1.82, 2.24) is 0 Å². The molecule has 0 saturated heterocycles. The molecule has 0 N–H and O–H groups in total. The second kappa shape index (κ2) is 4.89. The van der Waals surface area contributed by atoms with Gasteiger partial charge in [0.25, 0.3) is 0 Å². The zero-order valence-electron chi connectivity index (χ0n) is 7.67. The molecule has 0 aliphatic heterocycles. The van der Waals surface area contributed by atoms with Gasteiger partial charge in [-0.2, -0.15) is 5.26 Å². The number of hydrogen-bond donors (Lipinski definition) is 0. The molecule has 3 heteroatoms. The molecule has 1 rings (SSSR count). The van der Waals surface area contributed by atoms with Crippen molar-refractivity contribution in [2.45, 2.75) is 6.42 Å². The molecule has 0 aliphatic carbocycles. The number of benzene rings is 1. The highest BCUT2D eigenvalue weighted by Gasteiger charge is 2.00. The Morgan fingerprint density at radius 1 is 1.50 bits per heavy atom. The van der Waals surface area contributed by atoms with Crippen molar-refractivity contribution < 1.29 is 9.13 Å². The predicted octanol–water partition coefficient (Wildman–Crippen LogP) is 2.10. The normalized spacial score (nSPS) is 8.36. The van der Waals surface area contributed by atoms with Gasteiger partial charge in [-0.3, -0.25) is 0 Å². The number of hydrogen-bond acceptors (Lipinski definition) is 2. The third-order valence-electron chi connectivity index (χ3n) is 1.57. The second-order valence-corrected chi connectivity index (χ2v) is 2.48. The monoisotopic (exact) mass is 189 g/mol. The van der Waals surface area contributed by atoms with Crippen LogP contribution in [0, 0.1) is 29.0 Å². The standard InChI is InChI=1S/C11H8FNO/c1-14-10-6-5-9(11(12)8-10)4-2-3-7-13/h5-6,8H,3H2,1H3. The Bertz CT molecular complexity index is 423. The summed E-state index contributed by atoms with van der Waals surface area (Å²) in [5.74, 6) is 5.12. The van der Waals surface area contributed by atoms with Crippen molar-refractivity contribution in [2.24, 2.45) is 0 Å². The molecule has 0 heterocycles. The largest absolute Gasteiger partial charge is 0.497 e. The van der Waals surface area contributed by atoms with Crippen LogP contribution in [0.15, 0.2) is 18.2 Å². The van der Waals surface area contributed by atoms with Crippen LogP contribution in [0.5, 0.6) is 5.75 Å². The highest BCUT2D eigenvalue weighted by atomic mass is 19.1. The van der Waals surface area contributed by atoms with Gasteiger partial charge in [0, 0.05) is 6.07 Å². The molecule has 0 saturated carbocycles. The molecule has 70 valence electrons. The van der Waals surface area contributed by atoms with Crippen molar-refractivity contribution >= 4 is 0 Å². The first-order chi connectivity index (χ1) is 6.77. The van der Waals surface area contributed by atoms with Crippen LogP contribution in [0.2, 0.25) is 0 Å². The van der Waals surface area contributed by atoms with E-state index in [0.29, 0.717) is 5.75 Å². The summed E-state index contributed by atoms with van der Waals surface area (Å²) >= 11 is 0. The zero-order chi connectivity index (χ0) is 10.4. The smallest absolute Gasteiger partial charge is 0.142 e. The first-order valence-corrected chi connectivity index (χ1v) is 3.97. The Balaban J connectivity index is 2.92. The van der Waals surface area contributed by atoms with Crippen LogP contribution >= 0.6 is 0 Å². The van der Waals surface area contributed by atoms with Crippen LogP contribution in [-0.4, -0.2) is 7.11 Å². The van der Waals surface area contributed by atoms with Crippen LogP contribution in [-0.2, 0) is 0 Å². The first kappa shape index (κ1) is 10.1. The summed E-state index contributed by atoms with van der Waals surface area (Å²) in [5.41, 5.74) is 0.279. The van der Waals surface area contributed by atoms with Crippen molar-refractivity contribution in [1.29, 1.82) is 5.26 Å². The van der Waals surface area contributed by atoms with E-state index in [-0.39, 0.29) is 12.0 Å². The minimum absolute atomic E-state index is 0.103. The van der Waals surface area contributed by atoms with Gasteiger partial charge in [-0.05, 0) is 12.1 Å². The molecule has 0 unspecified atom stereocenters. The summed E-state index contributed by atoms with van der Waals surface area (Å²) in [6.45, 7) is 0. The number of rotatable bonds is 1. The maximum Gasteiger partial charge on any atom is 0.142 e. The number of methoxy groups -OCH3 is 1. The average molecular weight is 189 g/mol.